The summed E-state index contributed by atoms with van der Waals surface area (Å²) in [4.78, 5) is 11.0. The van der Waals surface area contributed by atoms with Crippen molar-refractivity contribution in [2.24, 2.45) is 0 Å². The fraction of sp³-hybridized carbons (Fsp3) is 0.167. The number of benzene rings is 1. The first-order valence-corrected chi connectivity index (χ1v) is 5.97. The van der Waals surface area contributed by atoms with Gasteiger partial charge in [-0.15, -0.1) is 0 Å². The van der Waals surface area contributed by atoms with Gasteiger partial charge < -0.3 is 5.11 Å². The Balaban J connectivity index is 2.88. The second-order valence-corrected chi connectivity index (χ2v) is 4.59. The highest BCUT2D eigenvalue weighted by atomic mass is 35.5. The molecule has 0 saturated heterocycles. The highest BCUT2D eigenvalue weighted by Gasteiger charge is 2.48. The topological polar surface area (TPSA) is 55.1 Å². The Morgan fingerprint density at radius 2 is 1.68 bits per heavy atom. The van der Waals surface area contributed by atoms with Crippen molar-refractivity contribution in [1.29, 1.82) is 0 Å². The molecular weight excluding hydrogens is 335 g/mol. The number of nitrogens with zero attached hydrogens (tertiary/aromatic N) is 2. The molecule has 0 aliphatic heterocycles. The van der Waals surface area contributed by atoms with E-state index in [-0.39, 0.29) is 10.4 Å². The summed E-state index contributed by atoms with van der Waals surface area (Å²) in [7, 11) is 0. The number of carbonyl (C=O) groups is 1. The predicted octanol–water partition coefficient (Wildman–Crippen LogP) is 3.88. The van der Waals surface area contributed by atoms with Crippen molar-refractivity contribution >= 4 is 17.6 Å². The first-order chi connectivity index (χ1) is 10.0. The smallest absolute Gasteiger partial charge is 0.436 e. The van der Waals surface area contributed by atoms with Gasteiger partial charge in [-0.1, -0.05) is 18.2 Å². The fourth-order valence-corrected chi connectivity index (χ4v) is 2.01. The first kappa shape index (κ1) is 16.2. The number of carboxylic acid groups (broad SMARTS) is 1. The van der Waals surface area contributed by atoms with Gasteiger partial charge in [-0.3, -0.25) is 0 Å². The molecule has 0 unspecified atom stereocenters. The summed E-state index contributed by atoms with van der Waals surface area (Å²) in [5, 5.41) is 7.51. The predicted molar refractivity (Wildman–Crippen MR) is 65.3 cm³/mol. The normalized spacial score (nSPS) is 12.5. The molecule has 1 aromatic heterocycles. The van der Waals surface area contributed by atoms with E-state index < -0.39 is 34.5 Å². The Labute approximate surface area is 124 Å². The van der Waals surface area contributed by atoms with Gasteiger partial charge in [-0.25, -0.2) is 9.48 Å². The van der Waals surface area contributed by atoms with Crippen LogP contribution in [0.2, 0.25) is 0 Å². The first-order valence-electron chi connectivity index (χ1n) is 5.59. The molecule has 0 radical (unpaired) electrons. The van der Waals surface area contributed by atoms with E-state index in [4.69, 9.17) is 16.7 Å². The molecule has 10 heteroatoms. The third-order valence-electron chi connectivity index (χ3n) is 2.64. The van der Waals surface area contributed by atoms with Crippen LogP contribution in [-0.4, -0.2) is 20.9 Å². The molecule has 1 aromatic carbocycles. The maximum atomic E-state index is 13.5. The maximum Gasteiger partial charge on any atom is 0.436 e. The molecule has 2 rings (SSSR count). The molecule has 2 aromatic rings. The van der Waals surface area contributed by atoms with Crippen LogP contribution >= 0.6 is 11.6 Å². The second kappa shape index (κ2) is 5.24. The minimum atomic E-state index is -5.23. The average Bonchev–Trinajstić information content (AvgIpc) is 2.80. The van der Waals surface area contributed by atoms with Gasteiger partial charge in [-0.05, 0) is 23.7 Å². The number of alkyl halides is 6. The van der Waals surface area contributed by atoms with Crippen molar-refractivity contribution < 1.29 is 31.9 Å². The van der Waals surface area contributed by atoms with Crippen molar-refractivity contribution in [3.8, 4) is 5.69 Å². The van der Waals surface area contributed by atoms with Gasteiger partial charge in [0, 0.05) is 0 Å². The molecule has 0 aliphatic carbocycles. The quantitative estimate of drug-likeness (QED) is 0.681. The zero-order valence-electron chi connectivity index (χ0n) is 10.4. The number of halogens is 6. The summed E-state index contributed by atoms with van der Waals surface area (Å²) in [5.41, 5.74) is -5.37. The summed E-state index contributed by atoms with van der Waals surface area (Å²) >= 11 is 4.80. The lowest BCUT2D eigenvalue weighted by atomic mass is 10.1. The molecule has 0 bridgehead atoms. The number of hydrogen-bond donors (Lipinski definition) is 1. The number of hydrogen-bond acceptors (Lipinski definition) is 2. The molecule has 0 aliphatic rings. The van der Waals surface area contributed by atoms with Gasteiger partial charge >= 0.3 is 17.5 Å². The summed E-state index contributed by atoms with van der Waals surface area (Å²) in [6.45, 7) is 0. The second-order valence-electron chi connectivity index (χ2n) is 4.12. The van der Waals surface area contributed by atoms with Gasteiger partial charge in [0.2, 0.25) is 0 Å². The molecule has 1 N–H and O–H groups in total. The van der Waals surface area contributed by atoms with E-state index in [1.54, 1.807) is 0 Å². The zero-order valence-corrected chi connectivity index (χ0v) is 11.2. The van der Waals surface area contributed by atoms with E-state index >= 15 is 0 Å². The number of para-hydroxylation sites is 1. The molecule has 0 atom stereocenters. The average molecular weight is 341 g/mol. The van der Waals surface area contributed by atoms with E-state index in [2.05, 4.69) is 5.10 Å². The minimum Gasteiger partial charge on any atom is -0.478 e. The van der Waals surface area contributed by atoms with Crippen LogP contribution in [0.5, 0.6) is 0 Å². The summed E-state index contributed by atoms with van der Waals surface area (Å²) in [6, 6.07) is 6.59. The van der Waals surface area contributed by atoms with Crippen molar-refractivity contribution in [2.45, 2.75) is 11.6 Å². The van der Waals surface area contributed by atoms with Crippen LogP contribution in [-0.2, 0) is 11.6 Å². The van der Waals surface area contributed by atoms with Crippen LogP contribution in [0.25, 0.3) is 5.69 Å². The van der Waals surface area contributed by atoms with Gasteiger partial charge in [0.1, 0.15) is 11.3 Å². The molecular formula is C12H6ClF5N2O2. The third-order valence-corrected chi connectivity index (χ3v) is 2.82. The SMILES string of the molecule is O=C(O)c1c(C(F)(F)F)nn(-c2ccccc2)c1C(F)(F)Cl. The summed E-state index contributed by atoms with van der Waals surface area (Å²) < 4.78 is 65.8. The van der Waals surface area contributed by atoms with Gasteiger partial charge in [0.25, 0.3) is 0 Å². The highest BCUT2D eigenvalue weighted by molar-refractivity contribution is 6.22. The molecule has 4 nitrogen and oxygen atoms in total. The van der Waals surface area contributed by atoms with Gasteiger partial charge in [0.15, 0.2) is 5.69 Å². The van der Waals surface area contributed by atoms with Crippen molar-refractivity contribution in [1.82, 2.24) is 9.78 Å². The molecule has 0 fully saturated rings. The van der Waals surface area contributed by atoms with E-state index in [1.165, 1.54) is 30.3 Å². The van der Waals surface area contributed by atoms with Crippen LogP contribution in [0, 0.1) is 0 Å². The van der Waals surface area contributed by atoms with Gasteiger partial charge in [-0.2, -0.15) is 27.1 Å². The lowest BCUT2D eigenvalue weighted by molar-refractivity contribution is -0.141. The van der Waals surface area contributed by atoms with E-state index in [0.29, 0.717) is 0 Å². The maximum absolute atomic E-state index is 13.5. The Hall–Kier alpha value is -2.16. The van der Waals surface area contributed by atoms with Crippen LogP contribution in [0.4, 0.5) is 22.0 Å². The van der Waals surface area contributed by atoms with E-state index in [9.17, 15) is 26.7 Å². The van der Waals surface area contributed by atoms with E-state index in [0.717, 1.165) is 0 Å². The van der Waals surface area contributed by atoms with Crippen LogP contribution in [0.1, 0.15) is 21.7 Å². The Kier molecular flexibility index (Phi) is 3.86. The van der Waals surface area contributed by atoms with Crippen LogP contribution in [0.15, 0.2) is 30.3 Å². The molecule has 1 heterocycles. The van der Waals surface area contributed by atoms with Gasteiger partial charge in [0.05, 0.1) is 5.69 Å². The summed E-state index contributed by atoms with van der Waals surface area (Å²) in [6.07, 6.45) is -5.23. The van der Waals surface area contributed by atoms with E-state index in [1.807, 2.05) is 0 Å². The zero-order chi connectivity index (χ0) is 16.7. The lowest BCUT2D eigenvalue weighted by Gasteiger charge is -2.12. The fourth-order valence-electron chi connectivity index (χ4n) is 1.84. The number of rotatable bonds is 3. The molecule has 0 spiro atoms. The molecule has 118 valence electrons. The largest absolute Gasteiger partial charge is 0.478 e. The van der Waals surface area contributed by atoms with Crippen molar-refractivity contribution in [3.05, 3.63) is 47.3 Å². The highest BCUT2D eigenvalue weighted by Crippen LogP contribution is 2.41. The minimum absolute atomic E-state index is 0.180. The van der Waals surface area contributed by atoms with Crippen LogP contribution < -0.4 is 0 Å². The third kappa shape index (κ3) is 2.89. The standard InChI is InChI=1S/C12H6ClF5N2O2/c13-11(14,15)9-7(10(21)22)8(12(16,17)18)19-20(9)6-4-2-1-3-5-6/h1-5H,(H,21,22). The Bertz CT molecular complexity index is 707. The van der Waals surface area contributed by atoms with Crippen LogP contribution in [0.3, 0.4) is 0 Å². The van der Waals surface area contributed by atoms with Crippen molar-refractivity contribution in [2.75, 3.05) is 0 Å². The number of aromatic carboxylic acids is 1. The molecule has 0 amide bonds. The Morgan fingerprint density at radius 3 is 2.09 bits per heavy atom. The molecule has 0 saturated carbocycles. The number of carboxylic acids is 1. The van der Waals surface area contributed by atoms with Crippen molar-refractivity contribution in [3.63, 3.8) is 0 Å². The monoisotopic (exact) mass is 340 g/mol. The summed E-state index contributed by atoms with van der Waals surface area (Å²) in [5.74, 6) is -2.20. The molecule has 22 heavy (non-hydrogen) atoms. The number of aromatic nitrogens is 2. The lowest BCUT2D eigenvalue weighted by Crippen LogP contribution is -2.17. The Morgan fingerprint density at radius 1 is 1.14 bits per heavy atom.